The van der Waals surface area contributed by atoms with Crippen LogP contribution in [0.4, 0.5) is 0 Å². The van der Waals surface area contributed by atoms with Crippen LogP contribution in [-0.2, 0) is 9.84 Å². The lowest BCUT2D eigenvalue weighted by molar-refractivity contribution is 0.599. The lowest BCUT2D eigenvalue weighted by Gasteiger charge is -2.08. The molecule has 0 saturated heterocycles. The van der Waals surface area contributed by atoms with E-state index in [4.69, 9.17) is 0 Å². The summed E-state index contributed by atoms with van der Waals surface area (Å²) in [5, 5.41) is 0. The van der Waals surface area contributed by atoms with Crippen LogP contribution in [0.2, 0.25) is 0 Å². The highest BCUT2D eigenvalue weighted by Crippen LogP contribution is 2.19. The molecule has 0 N–H and O–H groups in total. The first-order valence-electron chi connectivity index (χ1n) is 6.02. The van der Waals surface area contributed by atoms with Gasteiger partial charge in [-0.1, -0.05) is 54.6 Å². The fraction of sp³-hybridized carbons (Fsp3) is 0.125. The molecule has 0 radical (unpaired) electrons. The number of sulfone groups is 1. The summed E-state index contributed by atoms with van der Waals surface area (Å²) in [6.45, 7) is 5.88. The van der Waals surface area contributed by atoms with Gasteiger partial charge in [-0.2, -0.15) is 0 Å². The van der Waals surface area contributed by atoms with Crippen molar-refractivity contribution in [1.29, 1.82) is 0 Å². The van der Waals surface area contributed by atoms with Gasteiger partial charge >= 0.3 is 0 Å². The van der Waals surface area contributed by atoms with Crippen molar-refractivity contribution in [3.63, 3.8) is 0 Å². The van der Waals surface area contributed by atoms with Crippen molar-refractivity contribution >= 4 is 15.4 Å². The lowest BCUT2D eigenvalue weighted by atomic mass is 10.1. The molecule has 2 rings (SSSR count). The third-order valence-electron chi connectivity index (χ3n) is 2.93. The molecule has 0 bridgehead atoms. The summed E-state index contributed by atoms with van der Waals surface area (Å²) in [5.74, 6) is -0.0555. The van der Waals surface area contributed by atoms with Crippen molar-refractivity contribution in [2.45, 2.75) is 11.8 Å². The number of benzene rings is 2. The minimum atomic E-state index is -3.32. The number of aryl methyl sites for hydroxylation is 1. The molecule has 0 fully saturated rings. The van der Waals surface area contributed by atoms with Gasteiger partial charge in [0.15, 0.2) is 9.84 Å². The van der Waals surface area contributed by atoms with E-state index in [1.165, 1.54) is 0 Å². The van der Waals surface area contributed by atoms with E-state index in [1.807, 2.05) is 31.2 Å². The Morgan fingerprint density at radius 1 is 1.00 bits per heavy atom. The SMILES string of the molecule is C=C(CS(=O)(=O)c1ccccc1)c1ccc(C)cc1. The van der Waals surface area contributed by atoms with E-state index in [0.717, 1.165) is 11.1 Å². The Morgan fingerprint density at radius 3 is 2.16 bits per heavy atom. The number of rotatable bonds is 4. The van der Waals surface area contributed by atoms with Crippen LogP contribution in [0.5, 0.6) is 0 Å². The summed E-state index contributed by atoms with van der Waals surface area (Å²) in [4.78, 5) is 0.336. The maximum absolute atomic E-state index is 12.2. The van der Waals surface area contributed by atoms with Crippen molar-refractivity contribution in [1.82, 2.24) is 0 Å². The average molecular weight is 272 g/mol. The normalized spacial score (nSPS) is 11.2. The average Bonchev–Trinajstić information content (AvgIpc) is 2.40. The predicted octanol–water partition coefficient (Wildman–Crippen LogP) is 3.48. The number of hydrogen-bond donors (Lipinski definition) is 0. The van der Waals surface area contributed by atoms with Gasteiger partial charge in [0.25, 0.3) is 0 Å². The second kappa shape index (κ2) is 5.41. The molecular formula is C16H16O2S. The minimum Gasteiger partial charge on any atom is -0.223 e. The van der Waals surface area contributed by atoms with Crippen LogP contribution < -0.4 is 0 Å². The van der Waals surface area contributed by atoms with Crippen LogP contribution >= 0.6 is 0 Å². The zero-order valence-electron chi connectivity index (χ0n) is 10.8. The molecule has 19 heavy (non-hydrogen) atoms. The third-order valence-corrected chi connectivity index (χ3v) is 4.65. The molecule has 2 aromatic carbocycles. The molecule has 0 heterocycles. The molecule has 0 spiro atoms. The molecule has 0 aliphatic carbocycles. The van der Waals surface area contributed by atoms with Gasteiger partial charge in [0.1, 0.15) is 0 Å². The summed E-state index contributed by atoms with van der Waals surface area (Å²) in [6.07, 6.45) is 0. The van der Waals surface area contributed by atoms with Gasteiger partial charge in [-0.05, 0) is 30.2 Å². The highest BCUT2D eigenvalue weighted by atomic mass is 32.2. The molecule has 0 atom stereocenters. The van der Waals surface area contributed by atoms with Crippen molar-refractivity contribution in [3.05, 3.63) is 72.3 Å². The lowest BCUT2D eigenvalue weighted by Crippen LogP contribution is -2.08. The first kappa shape index (κ1) is 13.6. The fourth-order valence-electron chi connectivity index (χ4n) is 1.81. The van der Waals surface area contributed by atoms with Gasteiger partial charge in [-0.15, -0.1) is 0 Å². The molecule has 0 aliphatic heterocycles. The quantitative estimate of drug-likeness (QED) is 0.854. The van der Waals surface area contributed by atoms with Crippen molar-refractivity contribution in [2.75, 3.05) is 5.75 Å². The molecule has 0 unspecified atom stereocenters. The van der Waals surface area contributed by atoms with E-state index < -0.39 is 9.84 Å². The maximum Gasteiger partial charge on any atom is 0.182 e. The number of hydrogen-bond acceptors (Lipinski definition) is 2. The summed E-state index contributed by atoms with van der Waals surface area (Å²) >= 11 is 0. The van der Waals surface area contributed by atoms with Crippen LogP contribution in [0, 0.1) is 6.92 Å². The molecule has 0 amide bonds. The van der Waals surface area contributed by atoms with Crippen LogP contribution in [0.3, 0.4) is 0 Å². The van der Waals surface area contributed by atoms with Crippen molar-refractivity contribution in [2.24, 2.45) is 0 Å². The summed E-state index contributed by atoms with van der Waals surface area (Å²) in [6, 6.07) is 16.2. The molecule has 3 heteroatoms. The molecule has 0 aromatic heterocycles. The predicted molar refractivity (Wildman–Crippen MR) is 78.7 cm³/mol. The summed E-state index contributed by atoms with van der Waals surface area (Å²) < 4.78 is 24.4. The molecule has 0 aliphatic rings. The Kier molecular flexibility index (Phi) is 3.86. The third kappa shape index (κ3) is 3.32. The molecular weight excluding hydrogens is 256 g/mol. The Balaban J connectivity index is 2.22. The standard InChI is InChI=1S/C16H16O2S/c1-13-8-10-15(11-9-13)14(2)12-19(17,18)16-6-4-3-5-7-16/h3-11H,2,12H2,1H3. The first-order chi connectivity index (χ1) is 8.99. The van der Waals surface area contributed by atoms with E-state index in [9.17, 15) is 8.42 Å². The van der Waals surface area contributed by atoms with Gasteiger partial charge < -0.3 is 0 Å². The van der Waals surface area contributed by atoms with E-state index in [2.05, 4.69) is 6.58 Å². The van der Waals surface area contributed by atoms with Crippen LogP contribution in [0.1, 0.15) is 11.1 Å². The van der Waals surface area contributed by atoms with Crippen LogP contribution in [0.25, 0.3) is 5.57 Å². The topological polar surface area (TPSA) is 34.1 Å². The minimum absolute atomic E-state index is 0.0555. The second-order valence-corrected chi connectivity index (χ2v) is 6.53. The maximum atomic E-state index is 12.2. The second-order valence-electron chi connectivity index (χ2n) is 4.54. The molecule has 0 saturated carbocycles. The summed E-state index contributed by atoms with van der Waals surface area (Å²) in [7, 11) is -3.32. The van der Waals surface area contributed by atoms with Gasteiger partial charge in [0.2, 0.25) is 0 Å². The first-order valence-corrected chi connectivity index (χ1v) is 7.67. The Hall–Kier alpha value is -1.87. The van der Waals surface area contributed by atoms with Gasteiger partial charge in [-0.3, -0.25) is 0 Å². The Labute approximate surface area is 114 Å². The molecule has 2 aromatic rings. The van der Waals surface area contributed by atoms with Crippen molar-refractivity contribution < 1.29 is 8.42 Å². The highest BCUT2D eigenvalue weighted by Gasteiger charge is 2.16. The van der Waals surface area contributed by atoms with E-state index >= 15 is 0 Å². The monoisotopic (exact) mass is 272 g/mol. The largest absolute Gasteiger partial charge is 0.223 e. The Bertz CT molecular complexity index is 668. The zero-order valence-corrected chi connectivity index (χ0v) is 11.7. The van der Waals surface area contributed by atoms with Crippen LogP contribution in [0.15, 0.2) is 66.1 Å². The van der Waals surface area contributed by atoms with E-state index in [-0.39, 0.29) is 5.75 Å². The smallest absolute Gasteiger partial charge is 0.182 e. The molecule has 98 valence electrons. The fourth-order valence-corrected chi connectivity index (χ4v) is 3.18. The Morgan fingerprint density at radius 2 is 1.58 bits per heavy atom. The van der Waals surface area contributed by atoms with E-state index in [1.54, 1.807) is 30.3 Å². The summed E-state index contributed by atoms with van der Waals surface area (Å²) in [5.41, 5.74) is 2.62. The van der Waals surface area contributed by atoms with Gasteiger partial charge in [0.05, 0.1) is 10.6 Å². The highest BCUT2D eigenvalue weighted by molar-refractivity contribution is 7.91. The van der Waals surface area contributed by atoms with Gasteiger partial charge in [0, 0.05) is 0 Å². The van der Waals surface area contributed by atoms with Gasteiger partial charge in [-0.25, -0.2) is 8.42 Å². The van der Waals surface area contributed by atoms with Crippen molar-refractivity contribution in [3.8, 4) is 0 Å². The van der Waals surface area contributed by atoms with Crippen LogP contribution in [-0.4, -0.2) is 14.2 Å². The zero-order chi connectivity index (χ0) is 13.9. The van der Waals surface area contributed by atoms with E-state index in [0.29, 0.717) is 10.5 Å². The molecule has 2 nitrogen and oxygen atoms in total.